The van der Waals surface area contributed by atoms with Crippen molar-refractivity contribution in [1.82, 2.24) is 0 Å². The predicted molar refractivity (Wildman–Crippen MR) is 107 cm³/mol. The van der Waals surface area contributed by atoms with E-state index in [9.17, 15) is 0 Å². The van der Waals surface area contributed by atoms with E-state index in [1.54, 1.807) is 0 Å². The molecule has 22 heavy (non-hydrogen) atoms. The van der Waals surface area contributed by atoms with E-state index in [1.807, 2.05) is 0 Å². The van der Waals surface area contributed by atoms with Crippen LogP contribution in [0.2, 0.25) is 51.9 Å². The van der Waals surface area contributed by atoms with Crippen molar-refractivity contribution in [3.63, 3.8) is 0 Å². The van der Waals surface area contributed by atoms with Gasteiger partial charge in [-0.05, 0) is 79.1 Å². The summed E-state index contributed by atoms with van der Waals surface area (Å²) in [6.07, 6.45) is 1.28. The highest BCUT2D eigenvalue weighted by Gasteiger charge is 2.38. The van der Waals surface area contributed by atoms with Crippen molar-refractivity contribution < 1.29 is 12.7 Å². The molecule has 0 aliphatic heterocycles. The molecule has 0 aliphatic rings. The maximum absolute atomic E-state index is 6.60. The summed E-state index contributed by atoms with van der Waals surface area (Å²) in [5.74, 6) is 0. The molecule has 0 bridgehead atoms. The van der Waals surface area contributed by atoms with E-state index in [0.717, 1.165) is 0 Å². The van der Waals surface area contributed by atoms with E-state index < -0.39 is 25.2 Å². The van der Waals surface area contributed by atoms with Gasteiger partial charge in [-0.1, -0.05) is 0 Å². The maximum Gasteiger partial charge on any atom is 0.311 e. The quantitative estimate of drug-likeness (QED) is 0.378. The Labute approximate surface area is 143 Å². The summed E-state index contributed by atoms with van der Waals surface area (Å²) in [7, 11) is -5.12. The van der Waals surface area contributed by atoms with Crippen LogP contribution in [-0.2, 0) is 8.23 Å². The molecule has 6 heteroatoms. The lowest BCUT2D eigenvalue weighted by Gasteiger charge is -2.39. The van der Waals surface area contributed by atoms with Crippen LogP contribution in [0.25, 0.3) is 0 Å². The van der Waals surface area contributed by atoms with Crippen LogP contribution < -0.4 is 0 Å². The average molecular weight is 365 g/mol. The minimum atomic E-state index is -1.98. The van der Waals surface area contributed by atoms with E-state index >= 15 is 0 Å². The highest BCUT2D eigenvalue weighted by atomic mass is 28.5. The van der Waals surface area contributed by atoms with Crippen LogP contribution in [0, 0.1) is 0 Å². The molecule has 134 valence electrons. The molecule has 0 fully saturated rings. The Kier molecular flexibility index (Phi) is 8.78. The van der Waals surface area contributed by atoms with E-state index in [4.69, 9.17) is 8.23 Å². The van der Waals surface area contributed by atoms with Crippen molar-refractivity contribution in [2.24, 2.45) is 0 Å². The molecule has 0 heterocycles. The maximum atomic E-state index is 6.60. The number of rotatable bonds is 11. The van der Waals surface area contributed by atoms with Crippen molar-refractivity contribution in [2.45, 2.75) is 79.1 Å². The van der Waals surface area contributed by atoms with Gasteiger partial charge in [-0.25, -0.2) is 0 Å². The molecule has 0 saturated carbocycles. The van der Waals surface area contributed by atoms with Gasteiger partial charge in [0, 0.05) is 0 Å². The Bertz CT molecular complexity index is 316. The second kappa shape index (κ2) is 8.58. The zero-order valence-electron chi connectivity index (χ0n) is 17.0. The van der Waals surface area contributed by atoms with Gasteiger partial charge in [-0.3, -0.25) is 0 Å². The minimum Gasteiger partial charge on any atom is -0.437 e. The molecule has 0 spiro atoms. The summed E-state index contributed by atoms with van der Waals surface area (Å²) in [5, 5.41) is 0. The fraction of sp³-hybridized carbons (Fsp3) is 1.00. The lowest BCUT2D eigenvalue weighted by molar-refractivity contribution is -0.923. The van der Waals surface area contributed by atoms with Crippen molar-refractivity contribution in [3.8, 4) is 0 Å². The number of hydrogen-bond donors (Lipinski definition) is 0. The van der Waals surface area contributed by atoms with E-state index in [1.165, 1.54) is 43.1 Å². The van der Waals surface area contributed by atoms with Crippen molar-refractivity contribution in [2.75, 3.05) is 26.2 Å². The molecule has 0 unspecified atom stereocenters. The van der Waals surface area contributed by atoms with Gasteiger partial charge >= 0.3 is 8.56 Å². The molecular weight excluding hydrogens is 322 g/mol. The van der Waals surface area contributed by atoms with Gasteiger partial charge in [0.1, 0.15) is 0 Å². The van der Waals surface area contributed by atoms with Crippen LogP contribution in [-0.4, -0.2) is 55.9 Å². The van der Waals surface area contributed by atoms with Crippen LogP contribution in [0.5, 0.6) is 0 Å². The van der Waals surface area contributed by atoms with Crippen LogP contribution >= 0.6 is 0 Å². The first-order valence-electron chi connectivity index (χ1n) is 9.06. The number of nitrogens with zero attached hydrogens (tertiary/aromatic N) is 1. The molecule has 3 nitrogen and oxygen atoms in total. The first kappa shape index (κ1) is 22.5. The van der Waals surface area contributed by atoms with Gasteiger partial charge in [-0.15, -0.1) is 0 Å². The Hall–Kier alpha value is 0.531. The Morgan fingerprint density at radius 2 is 1.18 bits per heavy atom. The van der Waals surface area contributed by atoms with E-state index in [0.29, 0.717) is 0 Å². The molecule has 0 atom stereocenters. The summed E-state index contributed by atoms with van der Waals surface area (Å²) in [5.41, 5.74) is 0. The molecule has 0 aromatic heterocycles. The second-order valence-electron chi connectivity index (χ2n) is 8.59. The van der Waals surface area contributed by atoms with Crippen LogP contribution in [0.3, 0.4) is 0 Å². The molecule has 0 radical (unpaired) electrons. The third kappa shape index (κ3) is 8.98. The molecule has 0 rings (SSSR count). The molecule has 0 aromatic rings. The van der Waals surface area contributed by atoms with Crippen molar-refractivity contribution >= 4 is 25.2 Å². The monoisotopic (exact) mass is 364 g/mol. The largest absolute Gasteiger partial charge is 0.437 e. The second-order valence-corrected chi connectivity index (χ2v) is 21.3. The molecule has 0 amide bonds. The van der Waals surface area contributed by atoms with Crippen LogP contribution in [0.15, 0.2) is 0 Å². The van der Waals surface area contributed by atoms with Gasteiger partial charge in [0.15, 0.2) is 16.6 Å². The third-order valence-corrected chi connectivity index (χ3v) is 14.6. The van der Waals surface area contributed by atoms with E-state index in [2.05, 4.69) is 66.6 Å². The van der Waals surface area contributed by atoms with Crippen LogP contribution in [0.1, 0.15) is 27.2 Å². The minimum absolute atomic E-state index is 1.24. The van der Waals surface area contributed by atoms with Gasteiger partial charge in [-0.2, -0.15) is 0 Å². The van der Waals surface area contributed by atoms with Gasteiger partial charge in [0.2, 0.25) is 0 Å². The average Bonchev–Trinajstić information content (AvgIpc) is 2.30. The number of quaternary nitrogens is 1. The molecule has 0 saturated heterocycles. The summed E-state index contributed by atoms with van der Waals surface area (Å²) in [6.45, 7) is 28.0. The topological polar surface area (TPSA) is 18.5 Å². The van der Waals surface area contributed by atoms with Gasteiger partial charge < -0.3 is 12.7 Å². The molecule has 0 N–H and O–H groups in total. The summed E-state index contributed by atoms with van der Waals surface area (Å²) in [6, 6.07) is 1.25. The normalized spacial score (nSPS) is 14.5. The lowest BCUT2D eigenvalue weighted by atomic mass is 10.3. The fourth-order valence-corrected chi connectivity index (χ4v) is 16.6. The molecule has 0 aromatic carbocycles. The first-order chi connectivity index (χ1) is 9.80. The lowest BCUT2D eigenvalue weighted by Crippen LogP contribution is -2.52. The van der Waals surface area contributed by atoms with Gasteiger partial charge in [0.05, 0.1) is 26.2 Å². The van der Waals surface area contributed by atoms with Crippen LogP contribution in [0.4, 0.5) is 0 Å². The molecular formula is C16H42NO2Si3+. The third-order valence-electron chi connectivity index (χ3n) is 4.50. The summed E-state index contributed by atoms with van der Waals surface area (Å²) < 4.78 is 14.2. The Morgan fingerprint density at radius 1 is 0.727 bits per heavy atom. The zero-order chi connectivity index (χ0) is 17.7. The Morgan fingerprint density at radius 3 is 1.55 bits per heavy atom. The predicted octanol–water partition coefficient (Wildman–Crippen LogP) is 5.03. The SMILES string of the molecule is CC[N+](CC)(CC)CCC[Si](C)(C)O[Si](C)(C)O[Si](C)(C)C. The van der Waals surface area contributed by atoms with Crippen molar-refractivity contribution in [1.29, 1.82) is 0 Å². The zero-order valence-corrected chi connectivity index (χ0v) is 20.0. The highest BCUT2D eigenvalue weighted by Crippen LogP contribution is 2.24. The standard InChI is InChI=1S/C16H42NO2Si3/c1-11-17(12-2,13-3)15-14-16-21(7,8)19-22(9,10)18-20(4,5)6/h11-16H2,1-10H3/q+1. The summed E-state index contributed by atoms with van der Waals surface area (Å²) >= 11 is 0. The fourth-order valence-electron chi connectivity index (χ4n) is 3.46. The van der Waals surface area contributed by atoms with Gasteiger partial charge in [0.25, 0.3) is 0 Å². The molecule has 0 aliphatic carbocycles. The van der Waals surface area contributed by atoms with E-state index in [-0.39, 0.29) is 0 Å². The van der Waals surface area contributed by atoms with Crippen molar-refractivity contribution in [3.05, 3.63) is 0 Å². The number of hydrogen-bond acceptors (Lipinski definition) is 2. The highest BCUT2D eigenvalue weighted by molar-refractivity contribution is 6.87. The Balaban J connectivity index is 4.52. The first-order valence-corrected chi connectivity index (χ1v) is 18.4. The summed E-state index contributed by atoms with van der Waals surface area (Å²) in [4.78, 5) is 0. The smallest absolute Gasteiger partial charge is 0.311 e.